The van der Waals surface area contributed by atoms with Gasteiger partial charge in [-0.3, -0.25) is 4.72 Å². The topological polar surface area (TPSA) is 55.4 Å². The fourth-order valence-corrected chi connectivity index (χ4v) is 3.91. The van der Waals surface area contributed by atoms with E-state index in [2.05, 4.69) is 4.72 Å². The highest BCUT2D eigenvalue weighted by Gasteiger charge is 2.22. The number of methoxy groups -OCH3 is 1. The first-order chi connectivity index (χ1) is 10.3. The van der Waals surface area contributed by atoms with Crippen LogP contribution in [-0.2, 0) is 10.0 Å². The number of sulfonamides is 1. The lowest BCUT2D eigenvalue weighted by Gasteiger charge is -2.14. The molecule has 0 bridgehead atoms. The van der Waals surface area contributed by atoms with Crippen molar-refractivity contribution in [2.24, 2.45) is 0 Å². The second-order valence-corrected chi connectivity index (χ2v) is 7.15. The number of benzene rings is 2. The largest absolute Gasteiger partial charge is 0.495 e. The second kappa shape index (κ2) is 6.36. The molecule has 0 saturated heterocycles. The van der Waals surface area contributed by atoms with E-state index >= 15 is 0 Å². The standard InChI is InChI=1S/C15H15Cl2NO3S/c1-9-5-4-6-11(10(9)2)18-22(19,20)13-8-7-12(21-3)14(16)15(13)17/h4-8,18H,1-3H3. The summed E-state index contributed by atoms with van der Waals surface area (Å²) in [6.07, 6.45) is 0. The number of ether oxygens (including phenoxy) is 1. The molecular formula is C15H15Cl2NO3S. The van der Waals surface area contributed by atoms with Crippen LogP contribution >= 0.6 is 23.2 Å². The van der Waals surface area contributed by atoms with E-state index < -0.39 is 10.0 Å². The van der Waals surface area contributed by atoms with Crippen molar-refractivity contribution in [2.75, 3.05) is 11.8 Å². The number of hydrogen-bond donors (Lipinski definition) is 1. The minimum absolute atomic E-state index is 0.0630. The Morgan fingerprint density at radius 1 is 1.05 bits per heavy atom. The van der Waals surface area contributed by atoms with Gasteiger partial charge in [-0.2, -0.15) is 0 Å². The average Bonchev–Trinajstić information content (AvgIpc) is 2.46. The maximum absolute atomic E-state index is 12.5. The Labute approximate surface area is 140 Å². The zero-order valence-electron chi connectivity index (χ0n) is 12.3. The minimum Gasteiger partial charge on any atom is -0.495 e. The average molecular weight is 360 g/mol. The molecule has 4 nitrogen and oxygen atoms in total. The van der Waals surface area contributed by atoms with Gasteiger partial charge in [0.2, 0.25) is 0 Å². The molecule has 1 N–H and O–H groups in total. The SMILES string of the molecule is COc1ccc(S(=O)(=O)Nc2cccc(C)c2C)c(Cl)c1Cl. The summed E-state index contributed by atoms with van der Waals surface area (Å²) >= 11 is 12.1. The highest BCUT2D eigenvalue weighted by Crippen LogP contribution is 2.37. The molecule has 22 heavy (non-hydrogen) atoms. The lowest BCUT2D eigenvalue weighted by Crippen LogP contribution is -2.14. The van der Waals surface area contributed by atoms with Crippen LogP contribution in [0.4, 0.5) is 5.69 Å². The number of nitrogens with one attached hydrogen (secondary N) is 1. The van der Waals surface area contributed by atoms with E-state index in [1.54, 1.807) is 12.1 Å². The second-order valence-electron chi connectivity index (χ2n) is 4.75. The predicted octanol–water partition coefficient (Wildman–Crippen LogP) is 4.42. The summed E-state index contributed by atoms with van der Waals surface area (Å²) in [7, 11) is -2.42. The summed E-state index contributed by atoms with van der Waals surface area (Å²) in [5.74, 6) is 0.317. The van der Waals surface area contributed by atoms with E-state index in [-0.39, 0.29) is 14.9 Å². The normalized spacial score (nSPS) is 11.3. The molecule has 7 heteroatoms. The molecule has 0 amide bonds. The maximum atomic E-state index is 12.5. The molecular weight excluding hydrogens is 345 g/mol. The van der Waals surface area contributed by atoms with Crippen LogP contribution in [0.1, 0.15) is 11.1 Å². The van der Waals surface area contributed by atoms with E-state index in [0.717, 1.165) is 11.1 Å². The van der Waals surface area contributed by atoms with E-state index in [1.807, 2.05) is 19.9 Å². The molecule has 0 aromatic heterocycles. The van der Waals surface area contributed by atoms with Crippen LogP contribution in [0.5, 0.6) is 5.75 Å². The van der Waals surface area contributed by atoms with Crippen LogP contribution in [0.3, 0.4) is 0 Å². The molecule has 118 valence electrons. The molecule has 0 heterocycles. The third-order valence-corrected chi connectivity index (χ3v) is 5.75. The van der Waals surface area contributed by atoms with Crippen molar-refractivity contribution in [1.29, 1.82) is 0 Å². The molecule has 2 aromatic carbocycles. The molecule has 0 spiro atoms. The Balaban J connectivity index is 2.48. The van der Waals surface area contributed by atoms with Crippen LogP contribution < -0.4 is 9.46 Å². The molecule has 2 rings (SSSR count). The maximum Gasteiger partial charge on any atom is 0.263 e. The van der Waals surface area contributed by atoms with Gasteiger partial charge in [0.25, 0.3) is 10.0 Å². The van der Waals surface area contributed by atoms with Crippen molar-refractivity contribution < 1.29 is 13.2 Å². The fraction of sp³-hybridized carbons (Fsp3) is 0.200. The van der Waals surface area contributed by atoms with Crippen molar-refractivity contribution in [3.05, 3.63) is 51.5 Å². The summed E-state index contributed by atoms with van der Waals surface area (Å²) in [4.78, 5) is -0.0964. The van der Waals surface area contributed by atoms with Gasteiger partial charge < -0.3 is 4.74 Å². The molecule has 0 atom stereocenters. The van der Waals surface area contributed by atoms with Crippen molar-refractivity contribution >= 4 is 38.9 Å². The van der Waals surface area contributed by atoms with Gasteiger partial charge in [-0.15, -0.1) is 0 Å². The highest BCUT2D eigenvalue weighted by molar-refractivity contribution is 7.92. The van der Waals surface area contributed by atoms with E-state index in [9.17, 15) is 8.42 Å². The quantitative estimate of drug-likeness (QED) is 0.878. The molecule has 0 aliphatic carbocycles. The number of aryl methyl sites for hydroxylation is 1. The van der Waals surface area contributed by atoms with Crippen molar-refractivity contribution in [1.82, 2.24) is 0 Å². The van der Waals surface area contributed by atoms with Crippen LogP contribution in [-0.4, -0.2) is 15.5 Å². The Bertz CT molecular complexity index is 820. The van der Waals surface area contributed by atoms with Gasteiger partial charge in [-0.25, -0.2) is 8.42 Å². The van der Waals surface area contributed by atoms with Gasteiger partial charge in [0.05, 0.1) is 17.8 Å². The van der Waals surface area contributed by atoms with E-state index in [1.165, 1.54) is 19.2 Å². The third-order valence-electron chi connectivity index (χ3n) is 3.37. The van der Waals surface area contributed by atoms with Gasteiger partial charge in [-0.05, 0) is 43.2 Å². The molecule has 2 aromatic rings. The van der Waals surface area contributed by atoms with Crippen molar-refractivity contribution in [3.8, 4) is 5.75 Å². The highest BCUT2D eigenvalue weighted by atomic mass is 35.5. The van der Waals surface area contributed by atoms with Gasteiger partial charge in [0.15, 0.2) is 0 Å². The van der Waals surface area contributed by atoms with Gasteiger partial charge >= 0.3 is 0 Å². The summed E-state index contributed by atoms with van der Waals surface area (Å²) in [5.41, 5.74) is 2.34. The zero-order valence-corrected chi connectivity index (χ0v) is 14.6. The van der Waals surface area contributed by atoms with Crippen LogP contribution in [0.15, 0.2) is 35.2 Å². The van der Waals surface area contributed by atoms with Crippen molar-refractivity contribution in [2.45, 2.75) is 18.7 Å². The van der Waals surface area contributed by atoms with Crippen LogP contribution in [0, 0.1) is 13.8 Å². The summed E-state index contributed by atoms with van der Waals surface area (Å²) in [5, 5.41) is -0.00757. The smallest absolute Gasteiger partial charge is 0.263 e. The molecule has 0 aliphatic heterocycles. The molecule has 0 fully saturated rings. The monoisotopic (exact) mass is 359 g/mol. The van der Waals surface area contributed by atoms with E-state index in [4.69, 9.17) is 27.9 Å². The molecule has 0 unspecified atom stereocenters. The van der Waals surface area contributed by atoms with Gasteiger partial charge in [-0.1, -0.05) is 35.3 Å². The van der Waals surface area contributed by atoms with Crippen molar-refractivity contribution in [3.63, 3.8) is 0 Å². The Hall–Kier alpha value is -1.43. The third kappa shape index (κ3) is 3.16. The first-order valence-electron chi connectivity index (χ1n) is 6.39. The first-order valence-corrected chi connectivity index (χ1v) is 8.63. The van der Waals surface area contributed by atoms with Gasteiger partial charge in [0.1, 0.15) is 15.7 Å². The minimum atomic E-state index is -3.85. The molecule has 0 radical (unpaired) electrons. The van der Waals surface area contributed by atoms with Crippen LogP contribution in [0.25, 0.3) is 0 Å². The number of anilines is 1. The number of halogens is 2. The molecule has 0 saturated carbocycles. The Morgan fingerprint density at radius 2 is 1.73 bits per heavy atom. The summed E-state index contributed by atoms with van der Waals surface area (Å²) < 4.78 is 32.6. The van der Waals surface area contributed by atoms with E-state index in [0.29, 0.717) is 11.4 Å². The molecule has 0 aliphatic rings. The lowest BCUT2D eigenvalue weighted by atomic mass is 10.1. The predicted molar refractivity (Wildman–Crippen MR) is 89.7 cm³/mol. The fourth-order valence-electron chi connectivity index (χ4n) is 1.94. The number of hydrogen-bond acceptors (Lipinski definition) is 3. The Kier molecular flexibility index (Phi) is 4.90. The lowest BCUT2D eigenvalue weighted by molar-refractivity contribution is 0.414. The number of rotatable bonds is 4. The first kappa shape index (κ1) is 16.9. The Morgan fingerprint density at radius 3 is 2.36 bits per heavy atom. The summed E-state index contributed by atoms with van der Waals surface area (Å²) in [6.45, 7) is 3.75. The van der Waals surface area contributed by atoms with Crippen LogP contribution in [0.2, 0.25) is 10.0 Å². The van der Waals surface area contributed by atoms with Gasteiger partial charge in [0, 0.05) is 0 Å². The summed E-state index contributed by atoms with van der Waals surface area (Å²) in [6, 6.07) is 8.21. The zero-order chi connectivity index (χ0) is 16.5.